The third kappa shape index (κ3) is 4.26. The van der Waals surface area contributed by atoms with Gasteiger partial charge in [-0.15, -0.1) is 0 Å². The van der Waals surface area contributed by atoms with Crippen molar-refractivity contribution < 1.29 is 0 Å². The lowest BCUT2D eigenvalue weighted by atomic mass is 10.1. The minimum Gasteiger partial charge on any atom is -0.398 e. The quantitative estimate of drug-likeness (QED) is 0.819. The van der Waals surface area contributed by atoms with Crippen LogP contribution in [0.2, 0.25) is 5.02 Å². The van der Waals surface area contributed by atoms with Crippen molar-refractivity contribution in [2.45, 2.75) is 32.9 Å². The Morgan fingerprint density at radius 2 is 2.18 bits per heavy atom. The molecule has 0 fully saturated rings. The average molecular weight is 252 g/mol. The van der Waals surface area contributed by atoms with E-state index in [1.165, 1.54) is 0 Å². The minimum atomic E-state index is 0.377. The fraction of sp³-hybridized carbons (Fsp3) is 0.462. The number of halogens is 1. The lowest BCUT2D eigenvalue weighted by Crippen LogP contribution is -2.31. The van der Waals surface area contributed by atoms with Crippen LogP contribution in [0.3, 0.4) is 0 Å². The second kappa shape index (κ2) is 6.48. The maximum atomic E-state index is 8.64. The Morgan fingerprint density at radius 1 is 1.47 bits per heavy atom. The second-order valence-electron chi connectivity index (χ2n) is 4.32. The molecule has 92 valence electrons. The van der Waals surface area contributed by atoms with Crippen molar-refractivity contribution in [1.29, 1.82) is 5.26 Å². The van der Waals surface area contributed by atoms with Crippen molar-refractivity contribution >= 4 is 17.3 Å². The first-order chi connectivity index (χ1) is 8.04. The molecule has 1 rings (SSSR count). The number of anilines is 1. The number of nitrogen functional groups attached to an aromatic ring is 1. The molecule has 0 aliphatic carbocycles. The van der Waals surface area contributed by atoms with Gasteiger partial charge in [-0.1, -0.05) is 11.6 Å². The van der Waals surface area contributed by atoms with Crippen LogP contribution in [0.4, 0.5) is 5.69 Å². The van der Waals surface area contributed by atoms with Gasteiger partial charge in [-0.05, 0) is 37.6 Å². The Kier molecular flexibility index (Phi) is 5.27. The van der Waals surface area contributed by atoms with E-state index in [0.717, 1.165) is 24.3 Å². The molecule has 0 saturated carbocycles. The van der Waals surface area contributed by atoms with Crippen LogP contribution in [0.5, 0.6) is 0 Å². The summed E-state index contributed by atoms with van der Waals surface area (Å²) < 4.78 is 0. The highest BCUT2D eigenvalue weighted by Crippen LogP contribution is 2.20. The van der Waals surface area contributed by atoms with Crippen molar-refractivity contribution in [2.75, 3.05) is 12.3 Å². The summed E-state index contributed by atoms with van der Waals surface area (Å²) in [5.74, 6) is 0. The number of rotatable bonds is 5. The van der Waals surface area contributed by atoms with Gasteiger partial charge in [0.15, 0.2) is 0 Å². The first kappa shape index (κ1) is 13.8. The molecule has 0 aromatic heterocycles. The number of benzene rings is 1. The Bertz CT molecular complexity index is 410. The van der Waals surface area contributed by atoms with Gasteiger partial charge in [0, 0.05) is 36.3 Å². The van der Waals surface area contributed by atoms with Crippen LogP contribution in [0.25, 0.3) is 0 Å². The molecule has 1 aromatic rings. The zero-order chi connectivity index (χ0) is 12.8. The topological polar surface area (TPSA) is 53.0 Å². The molecular weight excluding hydrogens is 234 g/mol. The van der Waals surface area contributed by atoms with Crippen molar-refractivity contribution in [1.82, 2.24) is 4.90 Å². The molecule has 3 nitrogen and oxygen atoms in total. The van der Waals surface area contributed by atoms with E-state index in [0.29, 0.717) is 17.5 Å². The SMILES string of the molecule is CC(C)N(CCC#N)Cc1cc(Cl)ccc1N. The van der Waals surface area contributed by atoms with E-state index in [4.69, 9.17) is 22.6 Å². The second-order valence-corrected chi connectivity index (χ2v) is 4.75. The summed E-state index contributed by atoms with van der Waals surface area (Å²) in [5, 5.41) is 9.33. The Balaban J connectivity index is 2.78. The highest BCUT2D eigenvalue weighted by Gasteiger charge is 2.11. The van der Waals surface area contributed by atoms with E-state index in [2.05, 4.69) is 24.8 Å². The molecule has 0 amide bonds. The number of nitriles is 1. The molecule has 0 aliphatic heterocycles. The molecular formula is C13H18ClN3. The van der Waals surface area contributed by atoms with E-state index < -0.39 is 0 Å². The fourth-order valence-corrected chi connectivity index (χ4v) is 1.84. The van der Waals surface area contributed by atoms with Gasteiger partial charge < -0.3 is 5.73 Å². The van der Waals surface area contributed by atoms with Crippen molar-refractivity contribution in [3.8, 4) is 6.07 Å². The molecule has 0 radical (unpaired) electrons. The maximum absolute atomic E-state index is 8.64. The molecule has 0 atom stereocenters. The molecule has 0 bridgehead atoms. The monoisotopic (exact) mass is 251 g/mol. The predicted molar refractivity (Wildman–Crippen MR) is 71.6 cm³/mol. The summed E-state index contributed by atoms with van der Waals surface area (Å²) in [6.07, 6.45) is 0.526. The van der Waals surface area contributed by atoms with Crippen molar-refractivity contribution in [2.24, 2.45) is 0 Å². The Hall–Kier alpha value is -1.24. The highest BCUT2D eigenvalue weighted by atomic mass is 35.5. The van der Waals surface area contributed by atoms with Crippen LogP contribution in [0, 0.1) is 11.3 Å². The lowest BCUT2D eigenvalue weighted by Gasteiger charge is -2.26. The van der Waals surface area contributed by atoms with Gasteiger partial charge in [-0.3, -0.25) is 4.90 Å². The van der Waals surface area contributed by atoms with Crippen LogP contribution < -0.4 is 5.73 Å². The largest absolute Gasteiger partial charge is 0.398 e. The summed E-state index contributed by atoms with van der Waals surface area (Å²) in [5.41, 5.74) is 7.68. The van der Waals surface area contributed by atoms with Gasteiger partial charge in [0.2, 0.25) is 0 Å². The molecule has 0 aliphatic rings. The fourth-order valence-electron chi connectivity index (χ4n) is 1.64. The zero-order valence-electron chi connectivity index (χ0n) is 10.3. The number of nitrogens with zero attached hydrogens (tertiary/aromatic N) is 2. The van der Waals surface area contributed by atoms with Crippen LogP contribution in [-0.4, -0.2) is 17.5 Å². The molecule has 4 heteroatoms. The first-order valence-electron chi connectivity index (χ1n) is 5.69. The zero-order valence-corrected chi connectivity index (χ0v) is 11.0. The highest BCUT2D eigenvalue weighted by molar-refractivity contribution is 6.30. The van der Waals surface area contributed by atoms with Crippen LogP contribution >= 0.6 is 11.6 Å². The maximum Gasteiger partial charge on any atom is 0.0635 e. The van der Waals surface area contributed by atoms with Crippen molar-refractivity contribution in [3.63, 3.8) is 0 Å². The molecule has 0 unspecified atom stereocenters. The summed E-state index contributed by atoms with van der Waals surface area (Å²) in [6.45, 7) is 5.70. The molecule has 0 heterocycles. The van der Waals surface area contributed by atoms with Gasteiger partial charge in [-0.25, -0.2) is 0 Å². The van der Waals surface area contributed by atoms with Gasteiger partial charge >= 0.3 is 0 Å². The molecule has 1 aromatic carbocycles. The Labute approximate surface area is 108 Å². The van der Waals surface area contributed by atoms with E-state index in [1.54, 1.807) is 6.07 Å². The van der Waals surface area contributed by atoms with Crippen LogP contribution in [0.15, 0.2) is 18.2 Å². The number of hydrogen-bond donors (Lipinski definition) is 1. The summed E-state index contributed by atoms with van der Waals surface area (Å²) >= 11 is 5.96. The van der Waals surface area contributed by atoms with Gasteiger partial charge in [0.25, 0.3) is 0 Å². The summed E-state index contributed by atoms with van der Waals surface area (Å²) in [4.78, 5) is 2.21. The standard InChI is InChI=1S/C13H18ClN3/c1-10(2)17(7-3-6-15)9-11-8-12(14)4-5-13(11)16/h4-5,8,10H,3,7,9,16H2,1-2H3. The molecule has 17 heavy (non-hydrogen) atoms. The smallest absolute Gasteiger partial charge is 0.0635 e. The summed E-state index contributed by atoms with van der Waals surface area (Å²) in [6, 6.07) is 8.04. The van der Waals surface area contributed by atoms with Gasteiger partial charge in [-0.2, -0.15) is 5.26 Å². The Morgan fingerprint density at radius 3 is 2.76 bits per heavy atom. The normalized spacial score (nSPS) is 10.8. The predicted octanol–water partition coefficient (Wildman–Crippen LogP) is 3.05. The lowest BCUT2D eigenvalue weighted by molar-refractivity contribution is 0.218. The average Bonchev–Trinajstić information content (AvgIpc) is 2.28. The molecule has 0 spiro atoms. The third-order valence-electron chi connectivity index (χ3n) is 2.72. The van der Waals surface area contributed by atoms with Gasteiger partial charge in [0.05, 0.1) is 6.07 Å². The van der Waals surface area contributed by atoms with E-state index in [-0.39, 0.29) is 0 Å². The van der Waals surface area contributed by atoms with E-state index >= 15 is 0 Å². The van der Waals surface area contributed by atoms with Crippen LogP contribution in [0.1, 0.15) is 25.8 Å². The summed E-state index contributed by atoms with van der Waals surface area (Å²) in [7, 11) is 0. The van der Waals surface area contributed by atoms with Gasteiger partial charge in [0.1, 0.15) is 0 Å². The van der Waals surface area contributed by atoms with Crippen molar-refractivity contribution in [3.05, 3.63) is 28.8 Å². The number of nitrogens with two attached hydrogens (primary N) is 1. The molecule has 2 N–H and O–H groups in total. The minimum absolute atomic E-state index is 0.377. The van der Waals surface area contributed by atoms with Crippen LogP contribution in [-0.2, 0) is 6.54 Å². The molecule has 0 saturated heterocycles. The third-order valence-corrected chi connectivity index (χ3v) is 2.95. The van der Waals surface area contributed by atoms with E-state index in [9.17, 15) is 0 Å². The number of hydrogen-bond acceptors (Lipinski definition) is 3. The first-order valence-corrected chi connectivity index (χ1v) is 6.07. The van der Waals surface area contributed by atoms with E-state index in [1.807, 2.05) is 12.1 Å².